The molecule has 0 saturated carbocycles. The number of carbonyl (C=O) groups excluding carboxylic acids is 1. The molecule has 0 saturated heterocycles. The normalized spacial score (nSPS) is 14.4. The molecular formula is C16H29BrCl3NO3. The van der Waals surface area contributed by atoms with Gasteiger partial charge in [-0.2, -0.15) is 0 Å². The van der Waals surface area contributed by atoms with E-state index in [-0.39, 0.29) is 18.9 Å². The molecule has 0 aromatic heterocycles. The van der Waals surface area contributed by atoms with E-state index in [2.05, 4.69) is 28.2 Å². The molecule has 0 aliphatic heterocycles. The van der Waals surface area contributed by atoms with Crippen molar-refractivity contribution in [2.75, 3.05) is 19.2 Å². The van der Waals surface area contributed by atoms with E-state index >= 15 is 0 Å². The van der Waals surface area contributed by atoms with Crippen molar-refractivity contribution in [1.29, 1.82) is 0 Å². The van der Waals surface area contributed by atoms with Crippen LogP contribution in [0.2, 0.25) is 0 Å². The van der Waals surface area contributed by atoms with Gasteiger partial charge in [0.1, 0.15) is 6.79 Å². The molecule has 0 rings (SSSR count). The highest BCUT2D eigenvalue weighted by atomic mass is 79.9. The molecule has 0 aliphatic carbocycles. The van der Waals surface area contributed by atoms with Crippen LogP contribution in [0.5, 0.6) is 0 Å². The van der Waals surface area contributed by atoms with Crippen LogP contribution in [0.1, 0.15) is 58.3 Å². The number of hydrogen-bond donors (Lipinski definition) is 1. The van der Waals surface area contributed by atoms with Gasteiger partial charge in [0.2, 0.25) is 0 Å². The van der Waals surface area contributed by atoms with Crippen molar-refractivity contribution in [3.8, 4) is 0 Å². The molecule has 0 aromatic rings. The number of alkyl halides is 4. The van der Waals surface area contributed by atoms with Gasteiger partial charge in [0.25, 0.3) is 9.70 Å². The summed E-state index contributed by atoms with van der Waals surface area (Å²) in [5.41, 5.74) is 0. The van der Waals surface area contributed by atoms with Crippen LogP contribution < -0.4 is 5.32 Å². The summed E-state index contributed by atoms with van der Waals surface area (Å²) < 4.78 is 8.71. The number of nitrogens with one attached hydrogen (secondary N) is 1. The lowest BCUT2D eigenvalue weighted by Gasteiger charge is -2.28. The van der Waals surface area contributed by atoms with Gasteiger partial charge in [0.15, 0.2) is 0 Å². The van der Waals surface area contributed by atoms with Crippen molar-refractivity contribution in [1.82, 2.24) is 5.32 Å². The first kappa shape index (κ1) is 24.7. The second kappa shape index (κ2) is 14.9. The molecule has 0 heterocycles. The fourth-order valence-corrected chi connectivity index (χ4v) is 3.08. The third kappa shape index (κ3) is 12.2. The Morgan fingerprint density at radius 1 is 1.12 bits per heavy atom. The maximum absolute atomic E-state index is 11.9. The minimum absolute atomic E-state index is 0.161. The van der Waals surface area contributed by atoms with E-state index in [4.69, 9.17) is 44.3 Å². The molecule has 4 nitrogen and oxygen atoms in total. The molecular weight excluding hydrogens is 440 g/mol. The van der Waals surface area contributed by atoms with Crippen molar-refractivity contribution in [3.05, 3.63) is 0 Å². The van der Waals surface area contributed by atoms with Gasteiger partial charge < -0.3 is 14.8 Å². The second-order valence-electron chi connectivity index (χ2n) is 5.75. The number of unbranched alkanes of at least 4 members (excludes halogenated alkanes) is 6. The van der Waals surface area contributed by atoms with Crippen LogP contribution in [-0.4, -0.2) is 41.1 Å². The van der Waals surface area contributed by atoms with Crippen molar-refractivity contribution in [2.24, 2.45) is 0 Å². The number of rotatable bonds is 14. The summed E-state index contributed by atoms with van der Waals surface area (Å²) in [5.74, 6) is -0.650. The third-order valence-corrected chi connectivity index (χ3v) is 4.89. The molecule has 0 aliphatic rings. The average molecular weight is 470 g/mol. The summed E-state index contributed by atoms with van der Waals surface area (Å²) in [4.78, 5) is 11.9. The topological polar surface area (TPSA) is 47.6 Å². The summed E-state index contributed by atoms with van der Waals surface area (Å²) >= 11 is 20.2. The Balaban J connectivity index is 4.36. The maximum Gasteiger partial charge on any atom is 0.272 e. The van der Waals surface area contributed by atoms with Crippen molar-refractivity contribution >= 4 is 56.6 Å². The van der Waals surface area contributed by atoms with Crippen LogP contribution in [0.25, 0.3) is 0 Å². The number of carbonyl (C=O) groups is 1. The van der Waals surface area contributed by atoms with Crippen LogP contribution in [0.3, 0.4) is 0 Å². The molecule has 0 unspecified atom stereocenters. The minimum atomic E-state index is -1.98. The highest BCUT2D eigenvalue weighted by molar-refractivity contribution is 9.09. The van der Waals surface area contributed by atoms with Gasteiger partial charge in [-0.1, -0.05) is 103 Å². The van der Waals surface area contributed by atoms with E-state index in [0.717, 1.165) is 19.3 Å². The zero-order valence-electron chi connectivity index (χ0n) is 14.5. The van der Waals surface area contributed by atoms with Gasteiger partial charge in [-0.15, -0.1) is 0 Å². The first-order valence-corrected chi connectivity index (χ1v) is 10.7. The third-order valence-electron chi connectivity index (χ3n) is 3.68. The minimum Gasteiger partial charge on any atom is -0.359 e. The zero-order valence-corrected chi connectivity index (χ0v) is 18.3. The second-order valence-corrected chi connectivity index (χ2v) is 8.68. The van der Waals surface area contributed by atoms with Crippen LogP contribution in [0.15, 0.2) is 0 Å². The average Bonchev–Trinajstić information content (AvgIpc) is 2.53. The summed E-state index contributed by atoms with van der Waals surface area (Å²) in [6, 6.07) is -0.289. The molecule has 0 fully saturated rings. The standard InChI is InChI=1S/C16H29BrCl3NO3/c1-3-4-5-6-7-8-9-10-14(24-12-23-2)13(11-17)21-15(22)16(18,19)20/h13-14H,3-12H2,1-2H3,(H,21,22)/t13-,14+/m1/s1. The highest BCUT2D eigenvalue weighted by Gasteiger charge is 2.34. The lowest BCUT2D eigenvalue weighted by Crippen LogP contribution is -2.49. The number of ether oxygens (including phenoxy) is 2. The van der Waals surface area contributed by atoms with E-state index in [9.17, 15) is 4.79 Å². The monoisotopic (exact) mass is 467 g/mol. The fraction of sp³-hybridized carbons (Fsp3) is 0.938. The highest BCUT2D eigenvalue weighted by Crippen LogP contribution is 2.26. The quantitative estimate of drug-likeness (QED) is 0.211. The Hall–Kier alpha value is 0.740. The van der Waals surface area contributed by atoms with Gasteiger partial charge in [-0.25, -0.2) is 0 Å². The number of halogens is 4. The van der Waals surface area contributed by atoms with E-state index < -0.39 is 9.70 Å². The Morgan fingerprint density at radius 3 is 2.21 bits per heavy atom. The van der Waals surface area contributed by atoms with Gasteiger partial charge in [-0.05, 0) is 6.42 Å². The summed E-state index contributed by atoms with van der Waals surface area (Å²) in [7, 11) is 1.56. The molecule has 0 aromatic carbocycles. The fourth-order valence-electron chi connectivity index (χ4n) is 2.34. The van der Waals surface area contributed by atoms with Crippen molar-refractivity contribution in [2.45, 2.75) is 74.2 Å². The van der Waals surface area contributed by atoms with Gasteiger partial charge >= 0.3 is 0 Å². The first-order valence-electron chi connectivity index (χ1n) is 8.41. The van der Waals surface area contributed by atoms with Gasteiger partial charge in [-0.3, -0.25) is 4.79 Å². The summed E-state index contributed by atoms with van der Waals surface area (Å²) in [6.07, 6.45) is 9.11. The first-order chi connectivity index (χ1) is 11.4. The predicted molar refractivity (Wildman–Crippen MR) is 105 cm³/mol. The largest absolute Gasteiger partial charge is 0.359 e. The van der Waals surface area contributed by atoms with E-state index in [1.165, 1.54) is 32.1 Å². The van der Waals surface area contributed by atoms with Gasteiger partial charge in [0, 0.05) is 12.4 Å². The van der Waals surface area contributed by atoms with Gasteiger partial charge in [0.05, 0.1) is 12.1 Å². The van der Waals surface area contributed by atoms with E-state index in [1.54, 1.807) is 7.11 Å². The number of hydrogen-bond acceptors (Lipinski definition) is 3. The molecule has 0 spiro atoms. The van der Waals surface area contributed by atoms with Crippen LogP contribution in [0, 0.1) is 0 Å². The summed E-state index contributed by atoms with van der Waals surface area (Å²) in [6.45, 7) is 2.37. The van der Waals surface area contributed by atoms with Crippen LogP contribution in [0.4, 0.5) is 0 Å². The number of methoxy groups -OCH3 is 1. The molecule has 144 valence electrons. The molecule has 8 heteroatoms. The van der Waals surface area contributed by atoms with Crippen LogP contribution in [-0.2, 0) is 14.3 Å². The molecule has 0 bridgehead atoms. The van der Waals surface area contributed by atoms with E-state index in [1.807, 2.05) is 0 Å². The lowest BCUT2D eigenvalue weighted by molar-refractivity contribution is -0.124. The SMILES string of the molecule is CCCCCCCCC[C@H](OCOC)[C@@H](CBr)NC(=O)C(Cl)(Cl)Cl. The van der Waals surface area contributed by atoms with Crippen molar-refractivity contribution in [3.63, 3.8) is 0 Å². The molecule has 2 atom stereocenters. The Labute approximate surface area is 169 Å². The van der Waals surface area contributed by atoms with Crippen LogP contribution >= 0.6 is 50.7 Å². The van der Waals surface area contributed by atoms with E-state index in [0.29, 0.717) is 5.33 Å². The lowest BCUT2D eigenvalue weighted by atomic mass is 10.0. The maximum atomic E-state index is 11.9. The van der Waals surface area contributed by atoms with Crippen molar-refractivity contribution < 1.29 is 14.3 Å². The Kier molecular flexibility index (Phi) is 15.3. The molecule has 24 heavy (non-hydrogen) atoms. The molecule has 0 radical (unpaired) electrons. The molecule has 1 N–H and O–H groups in total. The Bertz CT molecular complexity index is 330. The summed E-state index contributed by atoms with van der Waals surface area (Å²) in [5, 5.41) is 3.23. The zero-order chi connectivity index (χ0) is 18.4. The molecule has 1 amide bonds. The Morgan fingerprint density at radius 2 is 1.71 bits per heavy atom. The smallest absolute Gasteiger partial charge is 0.272 e. The predicted octanol–water partition coefficient (Wildman–Crippen LogP) is 5.37. The number of amides is 1.